The highest BCUT2D eigenvalue weighted by atomic mass is 16.5. The fraction of sp³-hybridized carbons (Fsp3) is 0.480. The average molecular weight is 449 g/mol. The van der Waals surface area contributed by atoms with Crippen LogP contribution in [0.1, 0.15) is 48.5 Å². The van der Waals surface area contributed by atoms with Crippen LogP contribution in [0.3, 0.4) is 0 Å². The van der Waals surface area contributed by atoms with E-state index < -0.39 is 0 Å². The Kier molecular flexibility index (Phi) is 5.70. The van der Waals surface area contributed by atoms with E-state index in [0.29, 0.717) is 0 Å². The van der Waals surface area contributed by atoms with Crippen molar-refractivity contribution in [3.05, 3.63) is 47.0 Å². The molecule has 2 aliphatic heterocycles. The van der Waals surface area contributed by atoms with E-state index >= 15 is 0 Å². The predicted octanol–water partition coefficient (Wildman–Crippen LogP) is 3.26. The van der Waals surface area contributed by atoms with Crippen LogP contribution in [-0.4, -0.2) is 57.5 Å². The zero-order chi connectivity index (χ0) is 23.1. The molecule has 0 aliphatic carbocycles. The van der Waals surface area contributed by atoms with Crippen molar-refractivity contribution in [1.29, 1.82) is 0 Å². The molecular weight excluding hydrogens is 416 g/mol. The number of likely N-dealkylation sites (tertiary alicyclic amines) is 1. The Balaban J connectivity index is 1.42. The standard InChI is InChI=1S/C25H32N6O2/c1-16(32)31-10-5-6-22(31)25-27-21-15-30(11-9-20(21)24(26-2)28-25)14-17-13-29(3)23-12-18(33-4)7-8-19(17)23/h7-8,12-13,22H,5-6,9-11,14-15H2,1-4H3,(H,26,27,28). The molecule has 1 fully saturated rings. The Morgan fingerprint density at radius 3 is 2.88 bits per heavy atom. The normalized spacial score (nSPS) is 18.5. The van der Waals surface area contributed by atoms with Gasteiger partial charge in [-0.2, -0.15) is 0 Å². The minimum atomic E-state index is -0.0247. The minimum Gasteiger partial charge on any atom is -0.497 e. The molecule has 1 amide bonds. The van der Waals surface area contributed by atoms with Crippen LogP contribution in [-0.2, 0) is 31.4 Å². The highest BCUT2D eigenvalue weighted by Crippen LogP contribution is 2.34. The fourth-order valence-corrected chi connectivity index (χ4v) is 5.35. The van der Waals surface area contributed by atoms with Crippen molar-refractivity contribution in [3.8, 4) is 5.75 Å². The number of benzene rings is 1. The lowest BCUT2D eigenvalue weighted by Crippen LogP contribution is -2.33. The van der Waals surface area contributed by atoms with Crippen molar-refractivity contribution in [2.24, 2.45) is 7.05 Å². The van der Waals surface area contributed by atoms with Gasteiger partial charge >= 0.3 is 0 Å². The van der Waals surface area contributed by atoms with E-state index in [4.69, 9.17) is 14.7 Å². The number of hydrogen-bond donors (Lipinski definition) is 1. The van der Waals surface area contributed by atoms with Gasteiger partial charge in [0.25, 0.3) is 0 Å². The van der Waals surface area contributed by atoms with Gasteiger partial charge in [-0.25, -0.2) is 9.97 Å². The molecule has 1 unspecified atom stereocenters. The van der Waals surface area contributed by atoms with E-state index in [1.807, 2.05) is 18.0 Å². The summed E-state index contributed by atoms with van der Waals surface area (Å²) in [5.74, 6) is 2.64. The summed E-state index contributed by atoms with van der Waals surface area (Å²) in [6.07, 6.45) is 5.04. The highest BCUT2D eigenvalue weighted by molar-refractivity contribution is 5.85. The summed E-state index contributed by atoms with van der Waals surface area (Å²) in [5, 5.41) is 4.53. The molecule has 4 heterocycles. The van der Waals surface area contributed by atoms with Gasteiger partial charge < -0.3 is 19.5 Å². The second-order valence-corrected chi connectivity index (χ2v) is 9.09. The van der Waals surface area contributed by atoms with Gasteiger partial charge in [0, 0.05) is 70.4 Å². The first kappa shape index (κ1) is 21.7. The molecule has 1 N–H and O–H groups in total. The van der Waals surface area contributed by atoms with E-state index in [-0.39, 0.29) is 11.9 Å². The number of ether oxygens (including phenoxy) is 1. The quantitative estimate of drug-likeness (QED) is 0.646. The molecule has 0 saturated carbocycles. The summed E-state index contributed by atoms with van der Waals surface area (Å²) in [6.45, 7) is 5.02. The first-order chi connectivity index (χ1) is 16.0. The summed E-state index contributed by atoms with van der Waals surface area (Å²) in [6, 6.07) is 6.24. The van der Waals surface area contributed by atoms with Gasteiger partial charge in [-0.1, -0.05) is 0 Å². The van der Waals surface area contributed by atoms with E-state index in [9.17, 15) is 4.79 Å². The van der Waals surface area contributed by atoms with Crippen molar-refractivity contribution in [3.63, 3.8) is 0 Å². The third-order valence-corrected chi connectivity index (χ3v) is 7.03. The molecule has 2 aromatic heterocycles. The maximum atomic E-state index is 12.1. The Morgan fingerprint density at radius 1 is 1.27 bits per heavy atom. The predicted molar refractivity (Wildman–Crippen MR) is 128 cm³/mol. The van der Waals surface area contributed by atoms with Gasteiger partial charge in [0.15, 0.2) is 5.82 Å². The molecule has 5 rings (SSSR count). The Labute approximate surface area is 194 Å². The van der Waals surface area contributed by atoms with Crippen molar-refractivity contribution in [2.75, 3.05) is 32.6 Å². The van der Waals surface area contributed by atoms with E-state index in [1.54, 1.807) is 14.0 Å². The summed E-state index contributed by atoms with van der Waals surface area (Å²) in [5.41, 5.74) is 4.76. The number of anilines is 1. The molecule has 3 aromatic rings. The second-order valence-electron chi connectivity index (χ2n) is 9.09. The van der Waals surface area contributed by atoms with Crippen molar-refractivity contribution in [2.45, 2.75) is 45.3 Å². The Hall–Kier alpha value is -3.13. The Morgan fingerprint density at radius 2 is 2.12 bits per heavy atom. The lowest BCUT2D eigenvalue weighted by molar-refractivity contribution is -0.129. The number of carbonyl (C=O) groups is 1. The van der Waals surface area contributed by atoms with E-state index in [0.717, 1.165) is 68.5 Å². The fourth-order valence-electron chi connectivity index (χ4n) is 5.35. The molecule has 2 aliphatic rings. The van der Waals surface area contributed by atoms with Crippen LogP contribution in [0.5, 0.6) is 5.75 Å². The molecule has 0 spiro atoms. The molecule has 174 valence electrons. The van der Waals surface area contributed by atoms with E-state index in [1.165, 1.54) is 22.0 Å². The Bertz CT molecular complexity index is 1200. The number of fused-ring (bicyclic) bond motifs is 2. The minimum absolute atomic E-state index is 0.0247. The molecule has 0 radical (unpaired) electrons. The molecule has 1 saturated heterocycles. The van der Waals surface area contributed by atoms with E-state index in [2.05, 4.69) is 40.2 Å². The second kappa shape index (κ2) is 8.67. The molecular formula is C25H32N6O2. The van der Waals surface area contributed by atoms with Crippen molar-refractivity contribution in [1.82, 2.24) is 24.3 Å². The van der Waals surface area contributed by atoms with Gasteiger partial charge in [-0.3, -0.25) is 9.69 Å². The molecule has 1 atom stereocenters. The SMILES string of the molecule is CNc1nc(C2CCCN2C(C)=O)nc2c1CCN(Cc1cn(C)c3cc(OC)ccc13)C2. The monoisotopic (exact) mass is 448 g/mol. The zero-order valence-electron chi connectivity index (χ0n) is 19.9. The molecule has 8 nitrogen and oxygen atoms in total. The number of rotatable bonds is 5. The summed E-state index contributed by atoms with van der Waals surface area (Å²) in [4.78, 5) is 26.3. The van der Waals surface area contributed by atoms with Crippen molar-refractivity contribution < 1.29 is 9.53 Å². The van der Waals surface area contributed by atoms with Gasteiger partial charge in [0.2, 0.25) is 5.91 Å². The van der Waals surface area contributed by atoms with Crippen LogP contribution in [0, 0.1) is 0 Å². The maximum absolute atomic E-state index is 12.1. The van der Waals surface area contributed by atoms with Crippen LogP contribution in [0.4, 0.5) is 5.82 Å². The first-order valence-corrected chi connectivity index (χ1v) is 11.7. The van der Waals surface area contributed by atoms with Gasteiger partial charge in [0.1, 0.15) is 11.6 Å². The lowest BCUT2D eigenvalue weighted by atomic mass is 10.0. The lowest BCUT2D eigenvalue weighted by Gasteiger charge is -2.30. The topological polar surface area (TPSA) is 75.5 Å². The van der Waals surface area contributed by atoms with Gasteiger partial charge in [-0.15, -0.1) is 0 Å². The third-order valence-electron chi connectivity index (χ3n) is 7.03. The van der Waals surface area contributed by atoms with Crippen LogP contribution < -0.4 is 10.1 Å². The van der Waals surface area contributed by atoms with Crippen molar-refractivity contribution >= 4 is 22.6 Å². The molecule has 1 aromatic carbocycles. The molecule has 33 heavy (non-hydrogen) atoms. The third kappa shape index (κ3) is 3.93. The molecule has 8 heteroatoms. The van der Waals surface area contributed by atoms with Crippen LogP contribution in [0.15, 0.2) is 24.4 Å². The van der Waals surface area contributed by atoms with Crippen LogP contribution in [0.25, 0.3) is 10.9 Å². The van der Waals surface area contributed by atoms with Gasteiger partial charge in [-0.05, 0) is 37.0 Å². The number of nitrogens with one attached hydrogen (secondary N) is 1. The van der Waals surface area contributed by atoms with Crippen LogP contribution in [0.2, 0.25) is 0 Å². The number of amides is 1. The largest absolute Gasteiger partial charge is 0.497 e. The summed E-state index contributed by atoms with van der Waals surface area (Å²) < 4.78 is 7.57. The maximum Gasteiger partial charge on any atom is 0.220 e. The zero-order valence-corrected chi connectivity index (χ0v) is 19.9. The first-order valence-electron chi connectivity index (χ1n) is 11.7. The summed E-state index contributed by atoms with van der Waals surface area (Å²) in [7, 11) is 5.70. The number of nitrogens with zero attached hydrogens (tertiary/aromatic N) is 5. The summed E-state index contributed by atoms with van der Waals surface area (Å²) >= 11 is 0. The highest BCUT2D eigenvalue weighted by Gasteiger charge is 2.32. The number of hydrogen-bond acceptors (Lipinski definition) is 6. The number of aromatic nitrogens is 3. The number of carbonyl (C=O) groups excluding carboxylic acids is 1. The van der Waals surface area contributed by atoms with Gasteiger partial charge in [0.05, 0.1) is 24.4 Å². The number of methoxy groups -OCH3 is 1. The number of aryl methyl sites for hydroxylation is 1. The smallest absolute Gasteiger partial charge is 0.220 e. The average Bonchev–Trinajstić information content (AvgIpc) is 3.43. The van der Waals surface area contributed by atoms with Crippen LogP contribution >= 0.6 is 0 Å². The molecule has 0 bridgehead atoms.